The van der Waals surface area contributed by atoms with Gasteiger partial charge in [-0.25, -0.2) is 15.0 Å². The van der Waals surface area contributed by atoms with E-state index in [1.165, 1.54) is 0 Å². The number of anilines is 2. The first-order valence-electron chi connectivity index (χ1n) is 10.4. The van der Waals surface area contributed by atoms with Gasteiger partial charge in [-0.3, -0.25) is 4.57 Å². The number of fused-ring (bicyclic) bond motifs is 1. The second kappa shape index (κ2) is 8.77. The number of ether oxygens (including phenoxy) is 1. The summed E-state index contributed by atoms with van der Waals surface area (Å²) in [5.41, 5.74) is 9.89. The molecular formula is C25H22N6O. The molecule has 5 rings (SSSR count). The van der Waals surface area contributed by atoms with Crippen molar-refractivity contribution in [3.05, 3.63) is 91.3 Å². The maximum Gasteiger partial charge on any atom is 0.170 e. The van der Waals surface area contributed by atoms with E-state index in [4.69, 9.17) is 20.4 Å². The van der Waals surface area contributed by atoms with Gasteiger partial charge in [-0.2, -0.15) is 0 Å². The number of imidazole rings is 1. The monoisotopic (exact) mass is 422 g/mol. The Labute approximate surface area is 185 Å². The number of nitrogen functional groups attached to an aromatic ring is 1. The number of hydrogen-bond donors (Lipinski definition) is 2. The van der Waals surface area contributed by atoms with E-state index in [9.17, 15) is 0 Å². The van der Waals surface area contributed by atoms with Gasteiger partial charge in [-0.15, -0.1) is 0 Å². The van der Waals surface area contributed by atoms with E-state index in [1.54, 1.807) is 6.33 Å². The molecule has 0 aliphatic heterocycles. The minimum Gasteiger partial charge on any atom is -0.492 e. The molecule has 0 amide bonds. The quantitative estimate of drug-likeness (QED) is 0.295. The third-order valence-corrected chi connectivity index (χ3v) is 4.98. The zero-order chi connectivity index (χ0) is 21.8. The van der Waals surface area contributed by atoms with E-state index >= 15 is 0 Å². The summed E-state index contributed by atoms with van der Waals surface area (Å²) in [7, 11) is 0. The van der Waals surface area contributed by atoms with Crippen LogP contribution in [0.2, 0.25) is 0 Å². The number of nitrogens with one attached hydrogen (secondary N) is 1. The number of nitrogens with zero attached hydrogens (tertiary/aromatic N) is 4. The molecule has 158 valence electrons. The van der Waals surface area contributed by atoms with Gasteiger partial charge in [0.05, 0.1) is 6.54 Å². The van der Waals surface area contributed by atoms with Gasteiger partial charge in [-0.1, -0.05) is 48.5 Å². The van der Waals surface area contributed by atoms with Crippen LogP contribution in [0.5, 0.6) is 5.75 Å². The molecule has 0 atom stereocenters. The predicted molar refractivity (Wildman–Crippen MR) is 127 cm³/mol. The summed E-state index contributed by atoms with van der Waals surface area (Å²) in [6, 6.07) is 27.3. The van der Waals surface area contributed by atoms with Gasteiger partial charge in [0.15, 0.2) is 22.8 Å². The van der Waals surface area contributed by atoms with Crippen LogP contribution in [0.3, 0.4) is 0 Å². The number of nitrogens with two attached hydrogens (primary N) is 1. The summed E-state index contributed by atoms with van der Waals surface area (Å²) < 4.78 is 7.75. The first kappa shape index (κ1) is 19.6. The van der Waals surface area contributed by atoms with E-state index in [0.29, 0.717) is 36.0 Å². The third kappa shape index (κ3) is 4.09. The Morgan fingerprint density at radius 3 is 2.44 bits per heavy atom. The van der Waals surface area contributed by atoms with Crippen molar-refractivity contribution < 1.29 is 4.74 Å². The van der Waals surface area contributed by atoms with Crippen LogP contribution in [-0.2, 0) is 0 Å². The van der Waals surface area contributed by atoms with Crippen LogP contribution in [0.25, 0.3) is 28.2 Å². The van der Waals surface area contributed by atoms with Crippen LogP contribution in [-0.4, -0.2) is 32.7 Å². The maximum atomic E-state index is 6.00. The van der Waals surface area contributed by atoms with Gasteiger partial charge in [0.2, 0.25) is 0 Å². The minimum atomic E-state index is 0.489. The molecule has 0 aliphatic carbocycles. The topological polar surface area (TPSA) is 90.9 Å². The Balaban J connectivity index is 1.49. The number of benzene rings is 3. The van der Waals surface area contributed by atoms with Crippen LogP contribution < -0.4 is 15.8 Å². The summed E-state index contributed by atoms with van der Waals surface area (Å²) in [4.78, 5) is 14.2. The van der Waals surface area contributed by atoms with Gasteiger partial charge < -0.3 is 15.8 Å². The molecule has 0 unspecified atom stereocenters. The number of aromatic nitrogens is 4. The van der Waals surface area contributed by atoms with Crippen LogP contribution in [0.4, 0.5) is 11.5 Å². The van der Waals surface area contributed by atoms with Gasteiger partial charge in [0.25, 0.3) is 0 Å². The highest BCUT2D eigenvalue weighted by Gasteiger charge is 2.15. The number of rotatable bonds is 7. The Hall–Kier alpha value is -4.39. The largest absolute Gasteiger partial charge is 0.492 e. The molecule has 32 heavy (non-hydrogen) atoms. The first-order valence-corrected chi connectivity index (χ1v) is 10.4. The lowest BCUT2D eigenvalue weighted by Crippen LogP contribution is -2.13. The zero-order valence-electron chi connectivity index (χ0n) is 17.3. The maximum absolute atomic E-state index is 6.00. The first-order chi connectivity index (χ1) is 15.8. The predicted octanol–water partition coefficient (Wildman–Crippen LogP) is 4.56. The highest BCUT2D eigenvalue weighted by atomic mass is 16.5. The lowest BCUT2D eigenvalue weighted by molar-refractivity contribution is 0.333. The summed E-state index contributed by atoms with van der Waals surface area (Å²) in [5.74, 6) is 2.06. The van der Waals surface area contributed by atoms with E-state index in [-0.39, 0.29) is 0 Å². The molecule has 0 bridgehead atoms. The SMILES string of the molecule is Nc1cccc(-c2nc(NCCOc3ccccc3)c3ncn(-c4ccccc4)c3n2)c1. The van der Waals surface area contributed by atoms with Gasteiger partial charge in [-0.05, 0) is 36.4 Å². The molecular weight excluding hydrogens is 400 g/mol. The van der Waals surface area contributed by atoms with Crippen LogP contribution in [0.1, 0.15) is 0 Å². The van der Waals surface area contributed by atoms with E-state index in [1.807, 2.05) is 89.5 Å². The molecule has 2 heterocycles. The van der Waals surface area contributed by atoms with Crippen LogP contribution >= 0.6 is 0 Å². The van der Waals surface area contributed by atoms with Crippen molar-refractivity contribution in [2.75, 3.05) is 24.2 Å². The summed E-state index contributed by atoms with van der Waals surface area (Å²) >= 11 is 0. The zero-order valence-corrected chi connectivity index (χ0v) is 17.3. The Morgan fingerprint density at radius 1 is 0.875 bits per heavy atom. The molecule has 3 N–H and O–H groups in total. The molecule has 0 saturated carbocycles. The molecule has 0 saturated heterocycles. The van der Waals surface area contributed by atoms with Crippen molar-refractivity contribution in [1.29, 1.82) is 0 Å². The molecule has 3 aromatic carbocycles. The van der Waals surface area contributed by atoms with Gasteiger partial charge in [0, 0.05) is 16.9 Å². The fourth-order valence-electron chi connectivity index (χ4n) is 3.46. The van der Waals surface area contributed by atoms with Crippen molar-refractivity contribution >= 4 is 22.7 Å². The van der Waals surface area contributed by atoms with Crippen LogP contribution in [0, 0.1) is 0 Å². The summed E-state index contributed by atoms with van der Waals surface area (Å²) in [6.07, 6.45) is 1.77. The van der Waals surface area contributed by atoms with Crippen molar-refractivity contribution in [3.63, 3.8) is 0 Å². The van der Waals surface area contributed by atoms with E-state index in [0.717, 1.165) is 22.6 Å². The Kier molecular flexibility index (Phi) is 5.36. The van der Waals surface area contributed by atoms with Gasteiger partial charge in [0.1, 0.15) is 18.7 Å². The highest BCUT2D eigenvalue weighted by molar-refractivity contribution is 5.86. The summed E-state index contributed by atoms with van der Waals surface area (Å²) in [5, 5.41) is 3.36. The van der Waals surface area contributed by atoms with Crippen molar-refractivity contribution in [3.8, 4) is 22.8 Å². The molecule has 7 nitrogen and oxygen atoms in total. The Bertz CT molecular complexity index is 1330. The standard InChI is InChI=1S/C25H22N6O/c26-19-9-7-8-18(16-19)23-29-24(27-14-15-32-21-12-5-2-6-13-21)22-25(30-23)31(17-28-22)20-10-3-1-4-11-20/h1-13,16-17H,14-15,26H2,(H,27,29,30). The molecule has 2 aromatic heterocycles. The van der Waals surface area contributed by atoms with Crippen molar-refractivity contribution in [2.45, 2.75) is 0 Å². The van der Waals surface area contributed by atoms with Crippen LogP contribution in [0.15, 0.2) is 91.3 Å². The molecule has 0 spiro atoms. The van der Waals surface area contributed by atoms with E-state index in [2.05, 4.69) is 10.3 Å². The minimum absolute atomic E-state index is 0.489. The fourth-order valence-corrected chi connectivity index (χ4v) is 3.46. The number of para-hydroxylation sites is 2. The third-order valence-electron chi connectivity index (χ3n) is 4.98. The van der Waals surface area contributed by atoms with Gasteiger partial charge >= 0.3 is 0 Å². The lowest BCUT2D eigenvalue weighted by Gasteiger charge is -2.11. The average molecular weight is 422 g/mol. The second-order valence-corrected chi connectivity index (χ2v) is 7.23. The molecule has 0 radical (unpaired) electrons. The average Bonchev–Trinajstić information content (AvgIpc) is 3.27. The fraction of sp³-hybridized carbons (Fsp3) is 0.0800. The molecule has 7 heteroatoms. The molecule has 0 aliphatic rings. The highest BCUT2D eigenvalue weighted by Crippen LogP contribution is 2.26. The summed E-state index contributed by atoms with van der Waals surface area (Å²) in [6.45, 7) is 1.05. The van der Waals surface area contributed by atoms with Crippen molar-refractivity contribution in [1.82, 2.24) is 19.5 Å². The molecule has 5 aromatic rings. The number of hydrogen-bond acceptors (Lipinski definition) is 6. The normalized spacial score (nSPS) is 10.9. The lowest BCUT2D eigenvalue weighted by atomic mass is 10.2. The van der Waals surface area contributed by atoms with E-state index < -0.39 is 0 Å². The second-order valence-electron chi connectivity index (χ2n) is 7.23. The molecule has 0 fully saturated rings. The Morgan fingerprint density at radius 2 is 1.66 bits per heavy atom. The van der Waals surface area contributed by atoms with Crippen molar-refractivity contribution in [2.24, 2.45) is 0 Å². The smallest absolute Gasteiger partial charge is 0.170 e.